The van der Waals surface area contributed by atoms with Gasteiger partial charge in [0.1, 0.15) is 0 Å². The lowest BCUT2D eigenvalue weighted by molar-refractivity contribution is -0.120. The summed E-state index contributed by atoms with van der Waals surface area (Å²) in [4.78, 5) is 10.8. The summed E-state index contributed by atoms with van der Waals surface area (Å²) < 4.78 is 0. The molecule has 1 rings (SSSR count). The van der Waals surface area contributed by atoms with E-state index in [2.05, 4.69) is 10.7 Å². The molecule has 4 heteroatoms. The lowest BCUT2D eigenvalue weighted by Crippen LogP contribution is -2.31. The lowest BCUT2D eigenvalue weighted by Gasteiger charge is -2.05. The molecule has 1 amide bonds. The van der Waals surface area contributed by atoms with E-state index in [1.165, 1.54) is 5.56 Å². The molecule has 0 unspecified atom stereocenters. The number of hydrogen-bond donors (Lipinski definition) is 3. The van der Waals surface area contributed by atoms with Crippen LogP contribution < -0.4 is 16.6 Å². The highest BCUT2D eigenvalue weighted by Gasteiger charge is 1.97. The predicted molar refractivity (Wildman–Crippen MR) is 56.6 cm³/mol. The molecule has 0 aliphatic rings. The molecule has 0 spiro atoms. The number of nitrogens with two attached hydrogens (primary N) is 1. The topological polar surface area (TPSA) is 67.2 Å². The molecule has 4 nitrogen and oxygen atoms in total. The van der Waals surface area contributed by atoms with Gasteiger partial charge in [0, 0.05) is 18.7 Å². The molecule has 0 aliphatic carbocycles. The summed E-state index contributed by atoms with van der Waals surface area (Å²) in [5.41, 5.74) is 4.31. The molecule has 0 saturated heterocycles. The second-order valence-electron chi connectivity index (χ2n) is 3.11. The van der Waals surface area contributed by atoms with Gasteiger partial charge in [0.05, 0.1) is 0 Å². The van der Waals surface area contributed by atoms with Gasteiger partial charge in [-0.1, -0.05) is 17.7 Å². The molecule has 14 heavy (non-hydrogen) atoms. The van der Waals surface area contributed by atoms with Crippen LogP contribution in [0, 0.1) is 6.92 Å². The number of carbonyl (C=O) groups is 1. The molecule has 1 aromatic carbocycles. The number of hydrazine groups is 1. The van der Waals surface area contributed by atoms with Crippen molar-refractivity contribution in [3.8, 4) is 0 Å². The zero-order chi connectivity index (χ0) is 10.4. The third kappa shape index (κ3) is 3.45. The van der Waals surface area contributed by atoms with Crippen LogP contribution in [0.25, 0.3) is 0 Å². The van der Waals surface area contributed by atoms with Crippen LogP contribution >= 0.6 is 0 Å². The Morgan fingerprint density at radius 2 is 2.00 bits per heavy atom. The fraction of sp³-hybridized carbons (Fsp3) is 0.300. The monoisotopic (exact) mass is 193 g/mol. The Labute approximate surface area is 83.5 Å². The second kappa shape index (κ2) is 5.24. The first kappa shape index (κ1) is 10.5. The largest absolute Gasteiger partial charge is 0.385 e. The average Bonchev–Trinajstić information content (AvgIpc) is 2.21. The summed E-state index contributed by atoms with van der Waals surface area (Å²) in [6.07, 6.45) is 0.379. The summed E-state index contributed by atoms with van der Waals surface area (Å²) in [5.74, 6) is 4.78. The first-order chi connectivity index (χ1) is 6.72. The van der Waals surface area contributed by atoms with Gasteiger partial charge in [-0.2, -0.15) is 0 Å². The Hall–Kier alpha value is -1.55. The number of hydrogen-bond acceptors (Lipinski definition) is 3. The Bertz CT molecular complexity index is 295. The number of aryl methyl sites for hydroxylation is 1. The molecule has 0 aliphatic heterocycles. The van der Waals surface area contributed by atoms with Crippen LogP contribution in [0.15, 0.2) is 24.3 Å². The maximum absolute atomic E-state index is 10.8. The van der Waals surface area contributed by atoms with E-state index in [9.17, 15) is 4.79 Å². The quantitative estimate of drug-likeness (QED) is 0.376. The second-order valence-corrected chi connectivity index (χ2v) is 3.11. The average molecular weight is 193 g/mol. The number of carbonyl (C=O) groups excluding carboxylic acids is 1. The van der Waals surface area contributed by atoms with Crippen molar-refractivity contribution in [2.75, 3.05) is 11.9 Å². The van der Waals surface area contributed by atoms with E-state index in [4.69, 9.17) is 5.84 Å². The zero-order valence-corrected chi connectivity index (χ0v) is 8.21. The summed E-state index contributed by atoms with van der Waals surface area (Å²) in [6.45, 7) is 2.62. The standard InChI is InChI=1S/C10H15N3O/c1-8-2-4-9(5-3-8)12-7-6-10(14)13-11/h2-5,12H,6-7,11H2,1H3,(H,13,14). The number of anilines is 1. The molecule has 0 atom stereocenters. The molecule has 0 fully saturated rings. The minimum atomic E-state index is -0.162. The van der Waals surface area contributed by atoms with Crippen molar-refractivity contribution in [3.63, 3.8) is 0 Å². The molecule has 4 N–H and O–H groups in total. The van der Waals surface area contributed by atoms with E-state index in [1.807, 2.05) is 31.2 Å². The predicted octanol–water partition coefficient (Wildman–Crippen LogP) is 0.787. The molecule has 76 valence electrons. The number of amides is 1. The highest BCUT2D eigenvalue weighted by atomic mass is 16.2. The van der Waals surface area contributed by atoms with E-state index >= 15 is 0 Å². The van der Waals surface area contributed by atoms with Crippen molar-refractivity contribution in [1.29, 1.82) is 0 Å². The molecular weight excluding hydrogens is 178 g/mol. The molecule has 0 saturated carbocycles. The number of benzene rings is 1. The molecule has 0 bridgehead atoms. The van der Waals surface area contributed by atoms with Crippen molar-refractivity contribution in [3.05, 3.63) is 29.8 Å². The number of rotatable bonds is 4. The smallest absolute Gasteiger partial charge is 0.235 e. The van der Waals surface area contributed by atoms with Gasteiger partial charge in [-0.15, -0.1) is 0 Å². The molecule has 0 heterocycles. The van der Waals surface area contributed by atoms with Crippen molar-refractivity contribution >= 4 is 11.6 Å². The van der Waals surface area contributed by atoms with Gasteiger partial charge in [0.2, 0.25) is 5.91 Å². The van der Waals surface area contributed by atoms with Gasteiger partial charge in [-0.05, 0) is 19.1 Å². The Morgan fingerprint density at radius 3 is 2.57 bits per heavy atom. The van der Waals surface area contributed by atoms with Crippen LogP contribution in [0.1, 0.15) is 12.0 Å². The third-order valence-electron chi connectivity index (χ3n) is 1.89. The first-order valence-corrected chi connectivity index (χ1v) is 4.52. The third-order valence-corrected chi connectivity index (χ3v) is 1.89. The summed E-state index contributed by atoms with van der Waals surface area (Å²) in [5, 5.41) is 3.12. The highest BCUT2D eigenvalue weighted by Crippen LogP contribution is 2.07. The van der Waals surface area contributed by atoms with Crippen LogP contribution in [0.5, 0.6) is 0 Å². The first-order valence-electron chi connectivity index (χ1n) is 4.52. The van der Waals surface area contributed by atoms with E-state index in [-0.39, 0.29) is 5.91 Å². The SMILES string of the molecule is Cc1ccc(NCCC(=O)NN)cc1. The molecular formula is C10H15N3O. The van der Waals surface area contributed by atoms with Crippen LogP contribution in [-0.2, 0) is 4.79 Å². The minimum absolute atomic E-state index is 0.162. The Morgan fingerprint density at radius 1 is 1.36 bits per heavy atom. The van der Waals surface area contributed by atoms with Crippen molar-refractivity contribution in [1.82, 2.24) is 5.43 Å². The van der Waals surface area contributed by atoms with Crippen molar-refractivity contribution in [2.24, 2.45) is 5.84 Å². The maximum Gasteiger partial charge on any atom is 0.235 e. The fourth-order valence-corrected chi connectivity index (χ4v) is 1.06. The summed E-state index contributed by atoms with van der Waals surface area (Å²) in [7, 11) is 0. The van der Waals surface area contributed by atoms with E-state index in [1.54, 1.807) is 0 Å². The zero-order valence-electron chi connectivity index (χ0n) is 8.21. The highest BCUT2D eigenvalue weighted by molar-refractivity contribution is 5.75. The molecule has 0 aromatic heterocycles. The van der Waals surface area contributed by atoms with Gasteiger partial charge in [-0.25, -0.2) is 5.84 Å². The Kier molecular flexibility index (Phi) is 3.94. The van der Waals surface area contributed by atoms with Crippen LogP contribution in [0.4, 0.5) is 5.69 Å². The van der Waals surface area contributed by atoms with Gasteiger partial charge >= 0.3 is 0 Å². The van der Waals surface area contributed by atoms with E-state index in [0.29, 0.717) is 13.0 Å². The fourth-order valence-electron chi connectivity index (χ4n) is 1.06. The lowest BCUT2D eigenvalue weighted by atomic mass is 10.2. The van der Waals surface area contributed by atoms with Crippen LogP contribution in [-0.4, -0.2) is 12.5 Å². The summed E-state index contributed by atoms with van der Waals surface area (Å²) in [6, 6.07) is 8.00. The Balaban J connectivity index is 2.31. The van der Waals surface area contributed by atoms with E-state index in [0.717, 1.165) is 5.69 Å². The van der Waals surface area contributed by atoms with Gasteiger partial charge in [0.25, 0.3) is 0 Å². The number of nitrogens with one attached hydrogen (secondary N) is 2. The normalized spacial score (nSPS) is 9.57. The van der Waals surface area contributed by atoms with Gasteiger partial charge in [-0.3, -0.25) is 10.2 Å². The van der Waals surface area contributed by atoms with Crippen molar-refractivity contribution in [2.45, 2.75) is 13.3 Å². The van der Waals surface area contributed by atoms with Crippen LogP contribution in [0.2, 0.25) is 0 Å². The van der Waals surface area contributed by atoms with Crippen LogP contribution in [0.3, 0.4) is 0 Å². The molecule has 0 radical (unpaired) electrons. The van der Waals surface area contributed by atoms with Crippen molar-refractivity contribution < 1.29 is 4.79 Å². The van der Waals surface area contributed by atoms with E-state index < -0.39 is 0 Å². The van der Waals surface area contributed by atoms with Gasteiger partial charge in [0.15, 0.2) is 0 Å². The maximum atomic E-state index is 10.8. The van der Waals surface area contributed by atoms with Gasteiger partial charge < -0.3 is 5.32 Å². The minimum Gasteiger partial charge on any atom is -0.385 e. The molecule has 1 aromatic rings. The summed E-state index contributed by atoms with van der Waals surface area (Å²) >= 11 is 0.